The second-order valence-corrected chi connectivity index (χ2v) is 3.28. The Morgan fingerprint density at radius 2 is 2.36 bits per heavy atom. The molecule has 0 bridgehead atoms. The lowest BCUT2D eigenvalue weighted by Gasteiger charge is -2.06. The van der Waals surface area contributed by atoms with E-state index in [4.69, 9.17) is 10.5 Å². The monoisotopic (exact) mass is 155 g/mol. The summed E-state index contributed by atoms with van der Waals surface area (Å²) in [4.78, 5) is 0. The predicted molar refractivity (Wildman–Crippen MR) is 46.4 cm³/mol. The Morgan fingerprint density at radius 1 is 1.64 bits per heavy atom. The topological polar surface area (TPSA) is 35.2 Å². The van der Waals surface area contributed by atoms with Crippen LogP contribution < -0.4 is 5.73 Å². The minimum atomic E-state index is 0.327. The van der Waals surface area contributed by atoms with Crippen LogP contribution in [0.2, 0.25) is 0 Å². The summed E-state index contributed by atoms with van der Waals surface area (Å²) < 4.78 is 5.60. The van der Waals surface area contributed by atoms with Gasteiger partial charge in [0, 0.05) is 6.54 Å². The number of nitrogens with two attached hydrogens (primary N) is 1. The fourth-order valence-corrected chi connectivity index (χ4v) is 1.34. The predicted octanol–water partition coefficient (Wildman–Crippen LogP) is 1.46. The summed E-state index contributed by atoms with van der Waals surface area (Å²) in [7, 11) is 0. The van der Waals surface area contributed by atoms with E-state index in [9.17, 15) is 0 Å². The Bertz CT molecular complexity index is 154. The van der Waals surface area contributed by atoms with Gasteiger partial charge >= 0.3 is 0 Å². The van der Waals surface area contributed by atoms with Gasteiger partial charge in [-0.3, -0.25) is 0 Å². The first-order chi connectivity index (χ1) is 5.22. The second kappa shape index (κ2) is 3.88. The zero-order chi connectivity index (χ0) is 8.27. The van der Waals surface area contributed by atoms with Crippen LogP contribution in [-0.4, -0.2) is 18.8 Å². The minimum Gasteiger partial charge on any atom is -0.371 e. The lowest BCUT2D eigenvalue weighted by atomic mass is 10.1. The molecule has 0 aliphatic carbocycles. The van der Waals surface area contributed by atoms with Gasteiger partial charge in [0.1, 0.15) is 0 Å². The summed E-state index contributed by atoms with van der Waals surface area (Å²) in [5.74, 6) is 0. The standard InChI is InChI=1S/C9H17NO/c1-7(6-10)5-9-4-3-8(2)11-9/h5,8-9H,3-4,6,10H2,1-2H3/b7-5-. The minimum absolute atomic E-state index is 0.327. The van der Waals surface area contributed by atoms with E-state index in [2.05, 4.69) is 13.0 Å². The van der Waals surface area contributed by atoms with Crippen LogP contribution in [0.3, 0.4) is 0 Å². The van der Waals surface area contributed by atoms with Gasteiger partial charge in [-0.15, -0.1) is 0 Å². The lowest BCUT2D eigenvalue weighted by Crippen LogP contribution is -2.08. The molecule has 0 saturated carbocycles. The molecule has 1 heterocycles. The maximum absolute atomic E-state index is 5.60. The number of hydrogen-bond acceptors (Lipinski definition) is 2. The van der Waals surface area contributed by atoms with Crippen molar-refractivity contribution in [2.45, 2.75) is 38.9 Å². The SMILES string of the molecule is C/C(=C/C1CCC(C)O1)CN. The van der Waals surface area contributed by atoms with Gasteiger partial charge in [-0.1, -0.05) is 11.6 Å². The smallest absolute Gasteiger partial charge is 0.0763 e. The first kappa shape index (κ1) is 8.75. The van der Waals surface area contributed by atoms with E-state index in [1.165, 1.54) is 12.0 Å². The molecule has 1 saturated heterocycles. The molecule has 2 N–H and O–H groups in total. The van der Waals surface area contributed by atoms with Crippen LogP contribution >= 0.6 is 0 Å². The van der Waals surface area contributed by atoms with Gasteiger partial charge in [0.25, 0.3) is 0 Å². The normalized spacial score (nSPS) is 32.8. The van der Waals surface area contributed by atoms with Gasteiger partial charge in [-0.05, 0) is 26.7 Å². The quantitative estimate of drug-likeness (QED) is 0.613. The molecule has 2 atom stereocenters. The van der Waals surface area contributed by atoms with Gasteiger partial charge < -0.3 is 10.5 Å². The average molecular weight is 155 g/mol. The largest absolute Gasteiger partial charge is 0.371 e. The van der Waals surface area contributed by atoms with Crippen molar-refractivity contribution in [3.63, 3.8) is 0 Å². The van der Waals surface area contributed by atoms with Crippen molar-refractivity contribution < 1.29 is 4.74 Å². The molecule has 0 spiro atoms. The van der Waals surface area contributed by atoms with Gasteiger partial charge in [0.15, 0.2) is 0 Å². The Kier molecular flexibility index (Phi) is 3.09. The molecule has 64 valence electrons. The fourth-order valence-electron chi connectivity index (χ4n) is 1.34. The van der Waals surface area contributed by atoms with E-state index < -0.39 is 0 Å². The number of hydrogen-bond donors (Lipinski definition) is 1. The molecular weight excluding hydrogens is 138 g/mol. The Morgan fingerprint density at radius 3 is 2.82 bits per heavy atom. The first-order valence-electron chi connectivity index (χ1n) is 4.25. The molecule has 0 aromatic carbocycles. The summed E-state index contributed by atoms with van der Waals surface area (Å²) in [5.41, 5.74) is 6.69. The van der Waals surface area contributed by atoms with Gasteiger partial charge in [0.2, 0.25) is 0 Å². The molecule has 0 aromatic heterocycles. The second-order valence-electron chi connectivity index (χ2n) is 3.28. The van der Waals surface area contributed by atoms with E-state index in [-0.39, 0.29) is 0 Å². The van der Waals surface area contributed by atoms with Crippen LogP contribution in [0, 0.1) is 0 Å². The summed E-state index contributed by atoms with van der Waals surface area (Å²) >= 11 is 0. The molecule has 0 amide bonds. The molecule has 11 heavy (non-hydrogen) atoms. The van der Waals surface area contributed by atoms with Crippen LogP contribution in [0.5, 0.6) is 0 Å². The zero-order valence-corrected chi connectivity index (χ0v) is 7.34. The summed E-state index contributed by atoms with van der Waals surface area (Å²) in [5, 5.41) is 0. The Balaban J connectivity index is 2.38. The summed E-state index contributed by atoms with van der Waals surface area (Å²) in [6.07, 6.45) is 5.23. The summed E-state index contributed by atoms with van der Waals surface area (Å²) in [6, 6.07) is 0. The van der Waals surface area contributed by atoms with Gasteiger partial charge in [0.05, 0.1) is 12.2 Å². The fraction of sp³-hybridized carbons (Fsp3) is 0.778. The van der Waals surface area contributed by atoms with Gasteiger partial charge in [-0.25, -0.2) is 0 Å². The molecular formula is C9H17NO. The highest BCUT2D eigenvalue weighted by Gasteiger charge is 2.19. The van der Waals surface area contributed by atoms with Crippen molar-refractivity contribution in [2.75, 3.05) is 6.54 Å². The molecule has 2 unspecified atom stereocenters. The molecule has 0 radical (unpaired) electrons. The Hall–Kier alpha value is -0.340. The zero-order valence-electron chi connectivity index (χ0n) is 7.34. The third-order valence-corrected chi connectivity index (χ3v) is 2.06. The van der Waals surface area contributed by atoms with Gasteiger partial charge in [-0.2, -0.15) is 0 Å². The van der Waals surface area contributed by atoms with E-state index in [1.54, 1.807) is 0 Å². The van der Waals surface area contributed by atoms with Crippen molar-refractivity contribution in [2.24, 2.45) is 5.73 Å². The highest BCUT2D eigenvalue weighted by molar-refractivity contribution is 5.04. The molecule has 1 aliphatic heterocycles. The highest BCUT2D eigenvalue weighted by atomic mass is 16.5. The average Bonchev–Trinajstić information content (AvgIpc) is 2.35. The summed E-state index contributed by atoms with van der Waals surface area (Å²) in [6.45, 7) is 4.81. The van der Waals surface area contributed by atoms with Crippen LogP contribution in [0.4, 0.5) is 0 Å². The molecule has 1 fully saturated rings. The molecule has 1 aliphatic rings. The highest BCUT2D eigenvalue weighted by Crippen LogP contribution is 2.20. The molecule has 0 aromatic rings. The third-order valence-electron chi connectivity index (χ3n) is 2.06. The maximum Gasteiger partial charge on any atom is 0.0763 e. The molecule has 2 heteroatoms. The van der Waals surface area contributed by atoms with E-state index in [0.717, 1.165) is 6.42 Å². The van der Waals surface area contributed by atoms with E-state index in [1.807, 2.05) is 6.92 Å². The van der Waals surface area contributed by atoms with Crippen molar-refractivity contribution in [3.8, 4) is 0 Å². The van der Waals surface area contributed by atoms with Crippen molar-refractivity contribution in [1.82, 2.24) is 0 Å². The van der Waals surface area contributed by atoms with Crippen LogP contribution in [0.15, 0.2) is 11.6 Å². The lowest BCUT2D eigenvalue weighted by molar-refractivity contribution is 0.0829. The van der Waals surface area contributed by atoms with Crippen LogP contribution in [0.1, 0.15) is 26.7 Å². The maximum atomic E-state index is 5.60. The number of ether oxygens (including phenoxy) is 1. The van der Waals surface area contributed by atoms with E-state index >= 15 is 0 Å². The van der Waals surface area contributed by atoms with E-state index in [0.29, 0.717) is 18.8 Å². The molecule has 1 rings (SSSR count). The van der Waals surface area contributed by atoms with Crippen LogP contribution in [0.25, 0.3) is 0 Å². The first-order valence-corrected chi connectivity index (χ1v) is 4.25. The van der Waals surface area contributed by atoms with Crippen LogP contribution in [-0.2, 0) is 4.74 Å². The van der Waals surface area contributed by atoms with Crippen molar-refractivity contribution in [1.29, 1.82) is 0 Å². The van der Waals surface area contributed by atoms with Crippen molar-refractivity contribution in [3.05, 3.63) is 11.6 Å². The molecule has 2 nitrogen and oxygen atoms in total. The Labute approximate surface area is 68.4 Å². The number of rotatable bonds is 2. The third kappa shape index (κ3) is 2.64. The van der Waals surface area contributed by atoms with Crippen molar-refractivity contribution >= 4 is 0 Å².